The Balaban J connectivity index is 0.804. The monoisotopic (exact) mass is 1260 g/mol. The van der Waals surface area contributed by atoms with Gasteiger partial charge in [-0.2, -0.15) is 0 Å². The molecule has 2 aliphatic heterocycles. The Kier molecular flexibility index (Phi) is 21.2. The maximum absolute atomic E-state index is 15.0. The van der Waals surface area contributed by atoms with Crippen LogP contribution in [0.15, 0.2) is 158 Å². The van der Waals surface area contributed by atoms with E-state index in [1.165, 1.54) is 10.5 Å². The van der Waals surface area contributed by atoms with Crippen LogP contribution >= 0.6 is 0 Å². The van der Waals surface area contributed by atoms with Gasteiger partial charge in [0.2, 0.25) is 29.5 Å². The van der Waals surface area contributed by atoms with Crippen LogP contribution in [0.1, 0.15) is 133 Å². The summed E-state index contributed by atoms with van der Waals surface area (Å²) in [4.78, 5) is 117. The van der Waals surface area contributed by atoms with Crippen molar-refractivity contribution in [2.75, 3.05) is 31.7 Å². The Labute approximate surface area is 541 Å². The molecule has 18 nitrogen and oxygen atoms in total. The summed E-state index contributed by atoms with van der Waals surface area (Å²) in [5.41, 5.74) is 8.24. The van der Waals surface area contributed by atoms with Gasteiger partial charge in [-0.05, 0) is 151 Å². The molecule has 0 bridgehead atoms. The Morgan fingerprint density at radius 3 is 2.01 bits per heavy atom. The molecule has 0 saturated carbocycles. The number of nitrogens with one attached hydrogen (secondary N) is 7. The fourth-order valence-corrected chi connectivity index (χ4v) is 15.9. The van der Waals surface area contributed by atoms with Crippen LogP contribution in [0.5, 0.6) is 0 Å². The van der Waals surface area contributed by atoms with Crippen molar-refractivity contribution in [1.82, 2.24) is 41.7 Å². The van der Waals surface area contributed by atoms with Crippen molar-refractivity contribution in [3.63, 3.8) is 0 Å². The van der Waals surface area contributed by atoms with E-state index in [-0.39, 0.29) is 73.2 Å². The molecule has 0 spiro atoms. The summed E-state index contributed by atoms with van der Waals surface area (Å²) >= 11 is 0. The number of anilines is 1. The van der Waals surface area contributed by atoms with E-state index < -0.39 is 74.3 Å². The molecule has 19 heteroatoms. The number of likely N-dealkylation sites (N-methyl/N-ethyl adjacent to an activating group) is 1. The van der Waals surface area contributed by atoms with E-state index in [0.717, 1.165) is 71.9 Å². The van der Waals surface area contributed by atoms with Crippen LogP contribution in [0.25, 0.3) is 11.1 Å². The van der Waals surface area contributed by atoms with Crippen molar-refractivity contribution in [2.24, 2.45) is 5.41 Å². The Morgan fingerprint density at radius 1 is 0.685 bits per heavy atom. The largest absolute Gasteiger partial charge is 0.449 e. The fourth-order valence-electron chi connectivity index (χ4n) is 13.4. The van der Waals surface area contributed by atoms with Gasteiger partial charge < -0.3 is 51.8 Å². The van der Waals surface area contributed by atoms with Gasteiger partial charge in [-0.3, -0.25) is 33.6 Å². The van der Waals surface area contributed by atoms with Crippen molar-refractivity contribution in [3.05, 3.63) is 197 Å². The van der Waals surface area contributed by atoms with Gasteiger partial charge in [0.25, 0.3) is 11.8 Å². The Morgan fingerprint density at radius 2 is 1.32 bits per heavy atom. The predicted molar refractivity (Wildman–Crippen MR) is 359 cm³/mol. The third-order valence-electron chi connectivity index (χ3n) is 18.7. The average Bonchev–Trinajstić information content (AvgIpc) is 1.63. The number of carbonyl (C=O) groups excluding carboxylic acids is 8. The molecule has 0 aromatic heterocycles. The molecule has 2 saturated heterocycles. The smallest absolute Gasteiger partial charge is 0.407 e. The number of hydrogen-bond donors (Lipinski definition) is 7. The van der Waals surface area contributed by atoms with Crippen LogP contribution in [0.4, 0.5) is 10.5 Å². The number of likely N-dealkylation sites (tertiary alicyclic amines) is 1. The molecular formula is C73H87N9O9Si. The number of amides is 8. The summed E-state index contributed by atoms with van der Waals surface area (Å²) in [5.74, 6) is -2.86. The van der Waals surface area contributed by atoms with E-state index in [1.54, 1.807) is 67.4 Å². The standard InChI is InChI=1S/C73H87N9O9Si/c1-45-21-12-10-8-9-11-13-29-59(45)77-68(86)62-40-52(41-81(62)71(89)64(73(3,4)5)80-65(83)46(2)74-6)76-67(85)50-35-37-51(38-36-50)75-66(84)49-33-31-47(32-34-49)39-61(79-72(90)91-42-58-56-27-18-16-25-54(56)55-26-17-19-28-57(55)58)70(88)82-44-92(7)43-63(82)69(87)78-60-30-20-23-48-22-14-15-24-53(48)60/h8,10,12,14-19,21-22,24-28,31-38,46,52,58-64,74,92H,1,9,11,13,20,23,29-30,39-44H2,2-7H3,(H,75,84)(H,76,85)(H,77,86)(H,78,87)(H,79,90)(H,80,83)/b10-8-,21-12-/t46-,52-,59+,60+,61-,62-,63-,64+,92?/m0/s1. The van der Waals surface area contributed by atoms with E-state index in [1.807, 2.05) is 87.5 Å². The van der Waals surface area contributed by atoms with Crippen molar-refractivity contribution in [3.8, 4) is 11.1 Å². The molecule has 10 rings (SSSR count). The lowest BCUT2D eigenvalue weighted by Crippen LogP contribution is -2.60. The second-order valence-electron chi connectivity index (χ2n) is 26.4. The molecular weight excluding hydrogens is 1170 g/mol. The normalized spacial score (nSPS) is 22.0. The molecule has 1 unspecified atom stereocenters. The van der Waals surface area contributed by atoms with Crippen molar-refractivity contribution >= 4 is 61.9 Å². The summed E-state index contributed by atoms with van der Waals surface area (Å²) in [6.45, 7) is 13.7. The van der Waals surface area contributed by atoms with Crippen LogP contribution in [0.2, 0.25) is 12.6 Å². The molecule has 2 heterocycles. The number of alkyl carbamates (subject to hydrolysis) is 1. The maximum atomic E-state index is 15.0. The summed E-state index contributed by atoms with van der Waals surface area (Å²) < 4.78 is 5.99. The second kappa shape index (κ2) is 29.6. The highest BCUT2D eigenvalue weighted by molar-refractivity contribution is 6.59. The van der Waals surface area contributed by atoms with Gasteiger partial charge in [-0.1, -0.05) is 150 Å². The molecule has 92 heavy (non-hydrogen) atoms. The first-order chi connectivity index (χ1) is 44.2. The van der Waals surface area contributed by atoms with Gasteiger partial charge in [-0.25, -0.2) is 4.79 Å². The van der Waals surface area contributed by atoms with Crippen LogP contribution in [0.3, 0.4) is 0 Å². The number of benzene rings is 5. The van der Waals surface area contributed by atoms with Gasteiger partial charge in [0.1, 0.15) is 30.8 Å². The number of carbonyl (C=O) groups is 8. The second-order valence-corrected chi connectivity index (χ2v) is 29.4. The molecule has 5 aromatic rings. The summed E-state index contributed by atoms with van der Waals surface area (Å²) in [6.07, 6.45) is 13.8. The average molecular weight is 1260 g/mol. The zero-order valence-corrected chi connectivity index (χ0v) is 54.8. The third kappa shape index (κ3) is 15.7. The topological polar surface area (TPSA) is 236 Å². The van der Waals surface area contributed by atoms with Crippen LogP contribution < -0.4 is 37.2 Å². The maximum Gasteiger partial charge on any atom is 0.407 e. The lowest BCUT2D eigenvalue weighted by atomic mass is 9.85. The zero-order chi connectivity index (χ0) is 65.2. The number of hydrogen-bond acceptors (Lipinski definition) is 10. The first-order valence-corrected chi connectivity index (χ1v) is 35.2. The van der Waals surface area contributed by atoms with Crippen molar-refractivity contribution in [1.29, 1.82) is 0 Å². The number of nitrogens with zero attached hydrogens (tertiary/aromatic N) is 2. The minimum Gasteiger partial charge on any atom is -0.449 e. The number of allylic oxidation sites excluding steroid dienone is 3. The molecule has 5 aliphatic rings. The first-order valence-electron chi connectivity index (χ1n) is 32.5. The molecule has 482 valence electrons. The van der Waals surface area contributed by atoms with Crippen molar-refractivity contribution < 1.29 is 43.1 Å². The lowest BCUT2D eigenvalue weighted by Gasteiger charge is -2.36. The highest BCUT2D eigenvalue weighted by Crippen LogP contribution is 2.44. The van der Waals surface area contributed by atoms with Gasteiger partial charge in [-0.15, -0.1) is 0 Å². The molecule has 0 radical (unpaired) electrons. The molecule has 9 atom stereocenters. The SMILES string of the molecule is C=C1/C=C\C=C/CCCC[C@H]1NC(=O)[C@@H]1C[C@H](NC(=O)c2ccc(NC(=O)c3ccc(C[C@H](NC(=O)OCC4c5ccccc5-c5ccccc54)C(=O)N4C[SiH](C)C[C@H]4C(=O)N[C@@H]4CCCc5ccccc54)cc3)cc2)CN1C(=O)[C@@H](NC(=O)[C@H](C)NC)C(C)(C)C. The predicted octanol–water partition coefficient (Wildman–Crippen LogP) is 8.75. The van der Waals surface area contributed by atoms with Gasteiger partial charge >= 0.3 is 6.09 Å². The van der Waals surface area contributed by atoms with E-state index in [4.69, 9.17) is 4.74 Å². The van der Waals surface area contributed by atoms with Crippen LogP contribution in [-0.2, 0) is 41.6 Å². The van der Waals surface area contributed by atoms with Gasteiger partial charge in [0.05, 0.1) is 26.9 Å². The molecule has 5 aromatic carbocycles. The van der Waals surface area contributed by atoms with E-state index in [0.29, 0.717) is 35.4 Å². The van der Waals surface area contributed by atoms with E-state index in [2.05, 4.69) is 80.7 Å². The molecule has 7 N–H and O–H groups in total. The number of rotatable bonds is 18. The minimum absolute atomic E-state index is 0.0107. The summed E-state index contributed by atoms with van der Waals surface area (Å²) in [5, 5.41) is 21.2. The summed E-state index contributed by atoms with van der Waals surface area (Å²) in [6, 6.07) is 32.5. The van der Waals surface area contributed by atoms with Gasteiger partial charge in [0, 0.05) is 47.9 Å². The quantitative estimate of drug-likeness (QED) is 0.0412. The zero-order valence-electron chi connectivity index (χ0n) is 53.6. The van der Waals surface area contributed by atoms with Crippen LogP contribution in [0, 0.1) is 5.41 Å². The Hall–Kier alpha value is -8.94. The minimum atomic E-state index is -1.56. The fraction of sp³-hybridized carbons (Fsp3) is 0.397. The number of fused-ring (bicyclic) bond motifs is 4. The summed E-state index contributed by atoms with van der Waals surface area (Å²) in [7, 11) is 0.0986. The Bertz CT molecular complexity index is 3590. The number of aryl methyl sites for hydroxylation is 1. The number of ether oxygens (including phenoxy) is 1. The first kappa shape index (κ1) is 66.0. The van der Waals surface area contributed by atoms with Crippen molar-refractivity contribution in [2.45, 2.75) is 152 Å². The van der Waals surface area contributed by atoms with E-state index in [9.17, 15) is 33.6 Å². The van der Waals surface area contributed by atoms with E-state index >= 15 is 4.79 Å². The lowest BCUT2D eigenvalue weighted by molar-refractivity contribution is -0.144. The molecule has 2 fully saturated rings. The highest BCUT2D eigenvalue weighted by atomic mass is 28.3. The van der Waals surface area contributed by atoms with Crippen LogP contribution in [-0.4, -0.2) is 135 Å². The van der Waals surface area contributed by atoms with Gasteiger partial charge in [0.15, 0.2) is 0 Å². The third-order valence-corrected chi connectivity index (χ3v) is 20.9. The molecule has 8 amide bonds. The molecule has 3 aliphatic carbocycles. The highest BCUT2D eigenvalue weighted by Gasteiger charge is 2.47.